The Balaban J connectivity index is 1.94. The Kier molecular flexibility index (Phi) is 6.09. The molecule has 0 N–H and O–H groups in total. The first-order valence-electron chi connectivity index (χ1n) is 8.82. The maximum Gasteiger partial charge on any atom is 0.573 e. The number of hydrogen-bond donors (Lipinski definition) is 0. The Morgan fingerprint density at radius 2 is 1.79 bits per heavy atom. The molecule has 9 heteroatoms. The second-order valence-corrected chi connectivity index (χ2v) is 7.81. The number of anilines is 1. The van der Waals surface area contributed by atoms with Crippen LogP contribution in [0.25, 0.3) is 10.2 Å². The van der Waals surface area contributed by atoms with Crippen LogP contribution in [0, 0.1) is 6.92 Å². The van der Waals surface area contributed by atoms with Crippen molar-refractivity contribution in [1.82, 2.24) is 9.88 Å². The molecule has 0 radical (unpaired) electrons. The van der Waals surface area contributed by atoms with Gasteiger partial charge in [0.15, 0.2) is 5.13 Å². The van der Waals surface area contributed by atoms with E-state index in [1.165, 1.54) is 18.2 Å². The molecule has 0 aliphatic carbocycles. The van der Waals surface area contributed by atoms with Gasteiger partial charge in [0.05, 0.1) is 10.2 Å². The van der Waals surface area contributed by atoms with Gasteiger partial charge in [-0.1, -0.05) is 29.0 Å². The van der Waals surface area contributed by atoms with E-state index in [2.05, 4.69) is 9.72 Å². The summed E-state index contributed by atoms with van der Waals surface area (Å²) in [5, 5.41) is 0.427. The fourth-order valence-electron chi connectivity index (χ4n) is 2.64. The van der Waals surface area contributed by atoms with Crippen molar-refractivity contribution in [2.75, 3.05) is 32.1 Å². The normalized spacial score (nSPS) is 11.8. The van der Waals surface area contributed by atoms with Crippen molar-refractivity contribution in [2.45, 2.75) is 13.3 Å². The smallest absolute Gasteiger partial charge is 0.406 e. The first kappa shape index (κ1) is 21.1. The molecular weight excluding hydrogens is 403 g/mol. The minimum atomic E-state index is -4.76. The minimum Gasteiger partial charge on any atom is -0.406 e. The van der Waals surface area contributed by atoms with E-state index in [-0.39, 0.29) is 11.7 Å². The predicted octanol–water partition coefficient (Wildman–Crippen LogP) is 4.71. The van der Waals surface area contributed by atoms with Gasteiger partial charge in [-0.15, -0.1) is 13.2 Å². The lowest BCUT2D eigenvalue weighted by Gasteiger charge is -2.22. The fraction of sp³-hybridized carbons (Fsp3) is 0.300. The van der Waals surface area contributed by atoms with Crippen molar-refractivity contribution in [3.05, 3.63) is 53.6 Å². The summed E-state index contributed by atoms with van der Waals surface area (Å²) < 4.78 is 41.9. The molecule has 1 aromatic heterocycles. The van der Waals surface area contributed by atoms with Crippen LogP contribution in [0.4, 0.5) is 18.3 Å². The highest BCUT2D eigenvalue weighted by molar-refractivity contribution is 7.22. The zero-order valence-corrected chi connectivity index (χ0v) is 17.0. The number of likely N-dealkylation sites (N-methyl/N-ethyl adjacent to an activating group) is 1. The highest BCUT2D eigenvalue weighted by Crippen LogP contribution is 2.33. The number of fused-ring (bicyclic) bond motifs is 1. The number of alkyl halides is 3. The SMILES string of the molecule is Cc1ccc(C(=O)N(CCN(C)C)c2nc3ccc(OC(F)(F)F)cc3s2)cc1. The molecule has 0 saturated carbocycles. The van der Waals surface area contributed by atoms with Gasteiger partial charge in [-0.3, -0.25) is 9.69 Å². The molecule has 0 fully saturated rings. The second kappa shape index (κ2) is 8.38. The molecule has 0 spiro atoms. The van der Waals surface area contributed by atoms with Crippen molar-refractivity contribution in [2.24, 2.45) is 0 Å². The molecule has 5 nitrogen and oxygen atoms in total. The van der Waals surface area contributed by atoms with E-state index in [1.807, 2.05) is 38.1 Å². The number of nitrogens with zero attached hydrogens (tertiary/aromatic N) is 3. The van der Waals surface area contributed by atoms with E-state index in [1.54, 1.807) is 17.0 Å². The number of amides is 1. The van der Waals surface area contributed by atoms with Crippen molar-refractivity contribution < 1.29 is 22.7 Å². The van der Waals surface area contributed by atoms with E-state index >= 15 is 0 Å². The summed E-state index contributed by atoms with van der Waals surface area (Å²) in [5.41, 5.74) is 2.07. The maximum atomic E-state index is 13.1. The van der Waals surface area contributed by atoms with E-state index in [9.17, 15) is 18.0 Å². The third kappa shape index (κ3) is 5.45. The maximum absolute atomic E-state index is 13.1. The molecule has 1 heterocycles. The van der Waals surface area contributed by atoms with Crippen molar-refractivity contribution in [3.63, 3.8) is 0 Å². The van der Waals surface area contributed by atoms with Gasteiger partial charge in [-0.05, 0) is 45.3 Å². The standard InChI is InChI=1S/C20H20F3N3O2S/c1-13-4-6-14(7-5-13)18(27)26(11-10-25(2)3)19-24-16-9-8-15(12-17(16)29-19)28-20(21,22)23/h4-9,12H,10-11H2,1-3H3. The summed E-state index contributed by atoms with van der Waals surface area (Å²) in [6.45, 7) is 2.94. The summed E-state index contributed by atoms with van der Waals surface area (Å²) in [6.07, 6.45) is -4.76. The van der Waals surface area contributed by atoms with Gasteiger partial charge in [0, 0.05) is 24.7 Å². The molecule has 0 bridgehead atoms. The molecule has 154 valence electrons. The molecule has 1 amide bonds. The number of aromatic nitrogens is 1. The Hall–Kier alpha value is -2.65. The monoisotopic (exact) mass is 423 g/mol. The Bertz CT molecular complexity index is 1000. The lowest BCUT2D eigenvalue weighted by molar-refractivity contribution is -0.274. The number of halogens is 3. The van der Waals surface area contributed by atoms with Crippen LogP contribution in [0.2, 0.25) is 0 Å². The lowest BCUT2D eigenvalue weighted by atomic mass is 10.1. The Labute approximate surface area is 170 Å². The lowest BCUT2D eigenvalue weighted by Crippen LogP contribution is -2.36. The van der Waals surface area contributed by atoms with Crippen LogP contribution in [-0.2, 0) is 0 Å². The van der Waals surface area contributed by atoms with Crippen LogP contribution < -0.4 is 9.64 Å². The molecule has 0 atom stereocenters. The molecule has 0 aliphatic heterocycles. The first-order valence-corrected chi connectivity index (χ1v) is 9.63. The average Bonchev–Trinajstić information content (AvgIpc) is 3.03. The molecule has 3 rings (SSSR count). The molecule has 0 saturated heterocycles. The topological polar surface area (TPSA) is 45.7 Å². The molecule has 29 heavy (non-hydrogen) atoms. The highest BCUT2D eigenvalue weighted by atomic mass is 32.1. The van der Waals surface area contributed by atoms with Crippen LogP contribution in [0.3, 0.4) is 0 Å². The third-order valence-corrected chi connectivity index (χ3v) is 5.17. The number of rotatable bonds is 6. The largest absolute Gasteiger partial charge is 0.573 e. The van der Waals surface area contributed by atoms with Gasteiger partial charge in [0.2, 0.25) is 0 Å². The van der Waals surface area contributed by atoms with Gasteiger partial charge < -0.3 is 9.64 Å². The number of thiazole rings is 1. The average molecular weight is 423 g/mol. The summed E-state index contributed by atoms with van der Waals surface area (Å²) in [6, 6.07) is 11.2. The highest BCUT2D eigenvalue weighted by Gasteiger charge is 2.31. The zero-order chi connectivity index (χ0) is 21.2. The number of hydrogen-bond acceptors (Lipinski definition) is 5. The van der Waals surface area contributed by atoms with Crippen molar-refractivity contribution >= 4 is 32.6 Å². The summed E-state index contributed by atoms with van der Waals surface area (Å²) in [7, 11) is 3.79. The molecule has 3 aromatic rings. The van der Waals surface area contributed by atoms with E-state index in [4.69, 9.17) is 0 Å². The molecule has 0 unspecified atom stereocenters. The predicted molar refractivity (Wildman–Crippen MR) is 108 cm³/mol. The van der Waals surface area contributed by atoms with Crippen molar-refractivity contribution in [1.29, 1.82) is 0 Å². The Morgan fingerprint density at radius 1 is 1.10 bits per heavy atom. The second-order valence-electron chi connectivity index (χ2n) is 6.80. The van der Waals surface area contributed by atoms with Gasteiger partial charge in [-0.25, -0.2) is 4.98 Å². The van der Waals surface area contributed by atoms with Crippen LogP contribution in [-0.4, -0.2) is 49.3 Å². The van der Waals surface area contributed by atoms with E-state index in [0.29, 0.717) is 34.0 Å². The number of carbonyl (C=O) groups is 1. The van der Waals surface area contributed by atoms with Crippen LogP contribution in [0.1, 0.15) is 15.9 Å². The minimum absolute atomic E-state index is 0.210. The number of aryl methyl sites for hydroxylation is 1. The van der Waals surface area contributed by atoms with Gasteiger partial charge in [0.1, 0.15) is 5.75 Å². The number of carbonyl (C=O) groups excluding carboxylic acids is 1. The number of benzene rings is 2. The third-order valence-electron chi connectivity index (χ3n) is 4.13. The molecular formula is C20H20F3N3O2S. The summed E-state index contributed by atoms with van der Waals surface area (Å²) >= 11 is 1.15. The van der Waals surface area contributed by atoms with Gasteiger partial charge in [0.25, 0.3) is 5.91 Å². The molecule has 2 aromatic carbocycles. The number of ether oxygens (including phenoxy) is 1. The van der Waals surface area contributed by atoms with Crippen LogP contribution in [0.5, 0.6) is 5.75 Å². The van der Waals surface area contributed by atoms with Crippen LogP contribution in [0.15, 0.2) is 42.5 Å². The van der Waals surface area contributed by atoms with E-state index in [0.717, 1.165) is 16.9 Å². The first-order chi connectivity index (χ1) is 13.6. The van der Waals surface area contributed by atoms with Crippen molar-refractivity contribution in [3.8, 4) is 5.75 Å². The zero-order valence-electron chi connectivity index (χ0n) is 16.2. The van der Waals surface area contributed by atoms with Gasteiger partial charge >= 0.3 is 6.36 Å². The van der Waals surface area contributed by atoms with Crippen LogP contribution >= 0.6 is 11.3 Å². The fourth-order valence-corrected chi connectivity index (χ4v) is 3.66. The quantitative estimate of drug-likeness (QED) is 0.576. The summed E-state index contributed by atoms with van der Waals surface area (Å²) in [4.78, 5) is 21.1. The Morgan fingerprint density at radius 3 is 2.41 bits per heavy atom. The summed E-state index contributed by atoms with van der Waals surface area (Å²) in [5.74, 6) is -0.525. The van der Waals surface area contributed by atoms with Gasteiger partial charge in [-0.2, -0.15) is 0 Å². The van der Waals surface area contributed by atoms with E-state index < -0.39 is 6.36 Å². The molecule has 0 aliphatic rings.